The Morgan fingerprint density at radius 3 is 2.38 bits per heavy atom. The lowest BCUT2D eigenvalue weighted by molar-refractivity contribution is -0.123. The van der Waals surface area contributed by atoms with Gasteiger partial charge in [0.2, 0.25) is 5.91 Å². The minimum atomic E-state index is 0.0958. The maximum absolute atomic E-state index is 12.8. The summed E-state index contributed by atoms with van der Waals surface area (Å²) in [4.78, 5) is 20.4. The number of aryl methyl sites for hydroxylation is 1. The highest BCUT2D eigenvalue weighted by molar-refractivity contribution is 5.81. The van der Waals surface area contributed by atoms with Crippen LogP contribution in [-0.4, -0.2) is 39.0 Å². The van der Waals surface area contributed by atoms with Crippen molar-refractivity contribution >= 4 is 16.9 Å². The summed E-state index contributed by atoms with van der Waals surface area (Å²) in [5, 5.41) is 3.40. The number of hydrogen-bond acceptors (Lipinski definition) is 3. The first kappa shape index (κ1) is 21.8. The first-order valence-corrected chi connectivity index (χ1v) is 13.1. The van der Waals surface area contributed by atoms with Gasteiger partial charge in [0.25, 0.3) is 0 Å². The highest BCUT2D eigenvalue weighted by Gasteiger charge is 2.42. The van der Waals surface area contributed by atoms with Gasteiger partial charge in [0, 0.05) is 30.6 Å². The van der Waals surface area contributed by atoms with Gasteiger partial charge in [-0.25, -0.2) is 4.98 Å². The number of imidazole rings is 1. The van der Waals surface area contributed by atoms with E-state index in [1.165, 1.54) is 36.8 Å². The quantitative estimate of drug-likeness (QED) is 0.517. The van der Waals surface area contributed by atoms with Gasteiger partial charge in [-0.05, 0) is 69.1 Å². The predicted molar refractivity (Wildman–Crippen MR) is 135 cm³/mol. The summed E-state index contributed by atoms with van der Waals surface area (Å²) in [6, 6.07) is 21.0. The fraction of sp³-hybridized carbons (Fsp3) is 0.517. The number of carbonyl (C=O) groups is 1. The van der Waals surface area contributed by atoms with E-state index in [9.17, 15) is 4.79 Å². The Labute approximate surface area is 202 Å². The van der Waals surface area contributed by atoms with Crippen molar-refractivity contribution in [3.05, 3.63) is 66.0 Å². The maximum atomic E-state index is 12.8. The number of amides is 1. The van der Waals surface area contributed by atoms with Crippen molar-refractivity contribution in [1.82, 2.24) is 19.8 Å². The molecule has 1 saturated carbocycles. The second-order valence-corrected chi connectivity index (χ2v) is 10.8. The van der Waals surface area contributed by atoms with Gasteiger partial charge in [0.05, 0.1) is 17.1 Å². The molecule has 5 nitrogen and oxygen atoms in total. The van der Waals surface area contributed by atoms with E-state index in [2.05, 4.69) is 83.2 Å². The number of rotatable bonds is 7. The number of piperidine rings is 1. The number of nitrogens with zero attached hydrogens (tertiary/aromatic N) is 3. The van der Waals surface area contributed by atoms with Crippen molar-refractivity contribution in [2.45, 2.75) is 76.5 Å². The second-order valence-electron chi connectivity index (χ2n) is 10.8. The van der Waals surface area contributed by atoms with Crippen molar-refractivity contribution in [2.75, 3.05) is 6.54 Å². The average Bonchev–Trinajstić information content (AvgIpc) is 3.42. The molecule has 3 aliphatic rings. The fourth-order valence-corrected chi connectivity index (χ4v) is 6.70. The standard InChI is InChI=1S/C29H36N4O/c1-19-16-25(19)29(34)31-26(21-8-4-3-5-9-21)14-15-32-22-12-13-23(32)18-24(17-22)33-20(2)30-27-10-6-7-11-28(27)33/h3-11,19,22-26H,12-18H2,1-2H3,(H,31,34)/t19?,22-,23+,24-,25?,26-/m0/s1. The lowest BCUT2D eigenvalue weighted by atomic mass is 9.95. The van der Waals surface area contributed by atoms with Gasteiger partial charge in [-0.1, -0.05) is 49.4 Å². The molecule has 2 bridgehead atoms. The first-order valence-electron chi connectivity index (χ1n) is 13.1. The molecule has 0 spiro atoms. The van der Waals surface area contributed by atoms with Crippen molar-refractivity contribution in [1.29, 1.82) is 0 Å². The van der Waals surface area contributed by atoms with Gasteiger partial charge in [-0.2, -0.15) is 0 Å². The number of carbonyl (C=O) groups excluding carboxylic acids is 1. The summed E-state index contributed by atoms with van der Waals surface area (Å²) in [6.07, 6.45) is 6.97. The lowest BCUT2D eigenvalue weighted by Gasteiger charge is -2.40. The minimum Gasteiger partial charge on any atom is -0.349 e. The lowest BCUT2D eigenvalue weighted by Crippen LogP contribution is -2.45. The number of benzene rings is 2. The van der Waals surface area contributed by atoms with Crippen molar-refractivity contribution in [3.63, 3.8) is 0 Å². The van der Waals surface area contributed by atoms with Crippen LogP contribution in [0, 0.1) is 18.8 Å². The number of para-hydroxylation sites is 2. The van der Waals surface area contributed by atoms with Crippen LogP contribution in [0.1, 0.15) is 68.9 Å². The third kappa shape index (κ3) is 4.04. The molecule has 3 aromatic rings. The molecular weight excluding hydrogens is 420 g/mol. The molecule has 3 heterocycles. The molecule has 1 N–H and O–H groups in total. The summed E-state index contributed by atoms with van der Waals surface area (Å²) in [7, 11) is 0. The number of nitrogens with one attached hydrogen (secondary N) is 1. The van der Waals surface area contributed by atoms with Gasteiger partial charge >= 0.3 is 0 Å². The Hall–Kier alpha value is -2.66. The Morgan fingerprint density at radius 2 is 1.68 bits per heavy atom. The summed E-state index contributed by atoms with van der Waals surface area (Å²) in [6.45, 7) is 5.38. The molecule has 2 saturated heterocycles. The Kier molecular flexibility index (Phi) is 5.68. The number of aromatic nitrogens is 2. The van der Waals surface area contributed by atoms with E-state index >= 15 is 0 Å². The van der Waals surface area contributed by atoms with E-state index in [0.717, 1.165) is 30.7 Å². The van der Waals surface area contributed by atoms with Crippen LogP contribution < -0.4 is 5.32 Å². The molecule has 2 aromatic carbocycles. The molecule has 2 aliphatic heterocycles. The van der Waals surface area contributed by atoms with Crippen LogP contribution in [0.3, 0.4) is 0 Å². The third-order valence-corrected chi connectivity index (χ3v) is 8.64. The molecule has 178 valence electrons. The number of fused-ring (bicyclic) bond motifs is 3. The van der Waals surface area contributed by atoms with Gasteiger partial charge in [0.15, 0.2) is 0 Å². The Balaban J connectivity index is 1.15. The van der Waals surface area contributed by atoms with Crippen molar-refractivity contribution in [2.24, 2.45) is 11.8 Å². The SMILES string of the molecule is Cc1nc2ccccc2n1[C@@H]1C[C@H]2CC[C@@H](C1)N2CC[C@H](NC(=O)C1CC1C)c1ccccc1. The molecule has 2 unspecified atom stereocenters. The topological polar surface area (TPSA) is 50.2 Å². The fourth-order valence-electron chi connectivity index (χ4n) is 6.70. The van der Waals surface area contributed by atoms with E-state index in [-0.39, 0.29) is 17.9 Å². The molecule has 3 fully saturated rings. The van der Waals surface area contributed by atoms with Gasteiger partial charge in [0.1, 0.15) is 5.82 Å². The van der Waals surface area contributed by atoms with Crippen LogP contribution in [0.15, 0.2) is 54.6 Å². The summed E-state index contributed by atoms with van der Waals surface area (Å²) in [5.41, 5.74) is 3.62. The monoisotopic (exact) mass is 456 g/mol. The van der Waals surface area contributed by atoms with Crippen LogP contribution in [0.25, 0.3) is 11.0 Å². The van der Waals surface area contributed by atoms with Crippen LogP contribution >= 0.6 is 0 Å². The van der Waals surface area contributed by atoms with E-state index in [1.54, 1.807) is 0 Å². The van der Waals surface area contributed by atoms with Gasteiger partial charge in [-0.15, -0.1) is 0 Å². The van der Waals surface area contributed by atoms with Gasteiger partial charge in [-0.3, -0.25) is 9.69 Å². The third-order valence-electron chi connectivity index (χ3n) is 8.64. The van der Waals surface area contributed by atoms with E-state index in [0.29, 0.717) is 24.0 Å². The summed E-state index contributed by atoms with van der Waals surface area (Å²) in [5.74, 6) is 2.13. The maximum Gasteiger partial charge on any atom is 0.223 e. The molecule has 6 atom stereocenters. The van der Waals surface area contributed by atoms with E-state index in [4.69, 9.17) is 4.98 Å². The molecule has 1 aromatic heterocycles. The van der Waals surface area contributed by atoms with Crippen LogP contribution in [0.4, 0.5) is 0 Å². The van der Waals surface area contributed by atoms with Crippen molar-refractivity contribution in [3.8, 4) is 0 Å². The van der Waals surface area contributed by atoms with Crippen molar-refractivity contribution < 1.29 is 4.79 Å². The van der Waals surface area contributed by atoms with E-state index in [1.807, 2.05) is 0 Å². The Bertz CT molecular complexity index is 1160. The molecular formula is C29H36N4O. The first-order chi connectivity index (χ1) is 16.6. The zero-order valence-corrected chi connectivity index (χ0v) is 20.4. The average molecular weight is 457 g/mol. The normalized spacial score (nSPS) is 29.3. The highest BCUT2D eigenvalue weighted by Crippen LogP contribution is 2.43. The molecule has 34 heavy (non-hydrogen) atoms. The molecule has 6 rings (SSSR count). The Morgan fingerprint density at radius 1 is 1.00 bits per heavy atom. The largest absolute Gasteiger partial charge is 0.349 e. The highest BCUT2D eigenvalue weighted by atomic mass is 16.2. The van der Waals surface area contributed by atoms with Crippen LogP contribution in [0.5, 0.6) is 0 Å². The molecule has 1 amide bonds. The summed E-state index contributed by atoms with van der Waals surface area (Å²) < 4.78 is 2.50. The minimum absolute atomic E-state index is 0.0958. The molecule has 1 aliphatic carbocycles. The molecule has 0 radical (unpaired) electrons. The second kappa shape index (κ2) is 8.84. The zero-order chi connectivity index (χ0) is 23.2. The summed E-state index contributed by atoms with van der Waals surface area (Å²) >= 11 is 0. The van der Waals surface area contributed by atoms with Crippen LogP contribution in [-0.2, 0) is 4.79 Å². The zero-order valence-electron chi connectivity index (χ0n) is 20.4. The molecule has 5 heteroatoms. The van der Waals surface area contributed by atoms with Crippen LogP contribution in [0.2, 0.25) is 0 Å². The number of hydrogen-bond donors (Lipinski definition) is 1. The van der Waals surface area contributed by atoms with Gasteiger partial charge < -0.3 is 9.88 Å². The van der Waals surface area contributed by atoms with E-state index < -0.39 is 0 Å². The smallest absolute Gasteiger partial charge is 0.223 e. The predicted octanol–water partition coefficient (Wildman–Crippen LogP) is 5.42.